The number of hydrogen-bond acceptors (Lipinski definition) is 4. The topological polar surface area (TPSA) is 57.5 Å². The summed E-state index contributed by atoms with van der Waals surface area (Å²) in [7, 11) is 0. The van der Waals surface area contributed by atoms with E-state index in [1.807, 2.05) is 37.3 Å². The quantitative estimate of drug-likeness (QED) is 0.751. The number of carboxylic acids is 1. The second-order valence-corrected chi connectivity index (χ2v) is 7.05. The Morgan fingerprint density at radius 2 is 1.68 bits per heavy atom. The molecule has 22 heavy (non-hydrogen) atoms. The molecule has 0 saturated carbocycles. The standard InChI is InChI=1S/C17H18O3S2/c1-12-6-8-14(9-7-12)21-10-13(18)11-22-16-5-3-2-4-15(16)17(19)20/h2-9,13,18H,10-11H2,1H3,(H,19,20). The monoisotopic (exact) mass is 334 g/mol. The molecule has 0 aliphatic rings. The number of carboxylic acid groups (broad SMARTS) is 1. The zero-order valence-corrected chi connectivity index (χ0v) is 13.9. The number of hydrogen-bond donors (Lipinski definition) is 2. The predicted octanol–water partition coefficient (Wildman–Crippen LogP) is 3.94. The van der Waals surface area contributed by atoms with Crippen LogP contribution in [0.5, 0.6) is 0 Å². The highest BCUT2D eigenvalue weighted by atomic mass is 32.2. The third kappa shape index (κ3) is 5.09. The summed E-state index contributed by atoms with van der Waals surface area (Å²) in [6.07, 6.45) is -0.488. The molecule has 116 valence electrons. The highest BCUT2D eigenvalue weighted by molar-refractivity contribution is 8.00. The van der Waals surface area contributed by atoms with Crippen molar-refractivity contribution in [3.05, 3.63) is 59.7 Å². The molecular weight excluding hydrogens is 316 g/mol. The van der Waals surface area contributed by atoms with Crippen LogP contribution >= 0.6 is 23.5 Å². The van der Waals surface area contributed by atoms with E-state index >= 15 is 0 Å². The molecule has 0 aromatic heterocycles. The Kier molecular flexibility index (Phi) is 6.36. The third-order valence-electron chi connectivity index (χ3n) is 3.01. The van der Waals surface area contributed by atoms with Gasteiger partial charge in [0.2, 0.25) is 0 Å². The Hall–Kier alpha value is -1.43. The SMILES string of the molecule is Cc1ccc(SCC(O)CSc2ccccc2C(=O)O)cc1. The lowest BCUT2D eigenvalue weighted by atomic mass is 10.2. The van der Waals surface area contributed by atoms with Crippen LogP contribution in [-0.2, 0) is 0 Å². The number of carbonyl (C=O) groups is 1. The molecule has 0 aliphatic carbocycles. The fourth-order valence-corrected chi connectivity index (χ4v) is 3.79. The molecule has 0 radical (unpaired) electrons. The van der Waals surface area contributed by atoms with E-state index in [2.05, 4.69) is 0 Å². The van der Waals surface area contributed by atoms with Crippen molar-refractivity contribution in [2.24, 2.45) is 0 Å². The lowest BCUT2D eigenvalue weighted by molar-refractivity contribution is 0.0693. The lowest BCUT2D eigenvalue weighted by Crippen LogP contribution is -2.13. The fourth-order valence-electron chi connectivity index (χ4n) is 1.83. The predicted molar refractivity (Wildman–Crippen MR) is 92.0 cm³/mol. The molecule has 2 N–H and O–H groups in total. The summed E-state index contributed by atoms with van der Waals surface area (Å²) >= 11 is 2.98. The van der Waals surface area contributed by atoms with Gasteiger partial charge in [-0.1, -0.05) is 29.8 Å². The van der Waals surface area contributed by atoms with E-state index in [0.717, 1.165) is 4.90 Å². The third-order valence-corrected chi connectivity index (χ3v) is 5.39. The van der Waals surface area contributed by atoms with Gasteiger partial charge in [-0.05, 0) is 31.2 Å². The lowest BCUT2D eigenvalue weighted by Gasteiger charge is -2.11. The maximum absolute atomic E-state index is 11.1. The Labute approximate surface area is 138 Å². The van der Waals surface area contributed by atoms with Crippen LogP contribution < -0.4 is 0 Å². The number of aliphatic hydroxyl groups is 1. The molecule has 0 aliphatic heterocycles. The van der Waals surface area contributed by atoms with Crippen molar-refractivity contribution in [1.82, 2.24) is 0 Å². The van der Waals surface area contributed by atoms with Gasteiger partial charge in [0.15, 0.2) is 0 Å². The molecule has 1 atom stereocenters. The largest absolute Gasteiger partial charge is 0.478 e. The van der Waals surface area contributed by atoms with Gasteiger partial charge in [-0.15, -0.1) is 23.5 Å². The minimum atomic E-state index is -0.938. The molecule has 1 unspecified atom stereocenters. The zero-order chi connectivity index (χ0) is 15.9. The van der Waals surface area contributed by atoms with E-state index in [4.69, 9.17) is 5.11 Å². The van der Waals surface area contributed by atoms with Gasteiger partial charge in [-0.25, -0.2) is 4.79 Å². The molecule has 3 nitrogen and oxygen atoms in total. The minimum absolute atomic E-state index is 0.283. The molecule has 0 heterocycles. The summed E-state index contributed by atoms with van der Waals surface area (Å²) in [4.78, 5) is 12.9. The maximum Gasteiger partial charge on any atom is 0.336 e. The van der Waals surface area contributed by atoms with Crippen molar-refractivity contribution >= 4 is 29.5 Å². The summed E-state index contributed by atoms with van der Waals surface area (Å²) in [5.41, 5.74) is 1.50. The van der Waals surface area contributed by atoms with Crippen molar-refractivity contribution in [3.63, 3.8) is 0 Å². The first-order valence-corrected chi connectivity index (χ1v) is 8.86. The van der Waals surface area contributed by atoms with Gasteiger partial charge >= 0.3 is 5.97 Å². The number of rotatable bonds is 7. The van der Waals surface area contributed by atoms with Gasteiger partial charge in [-0.2, -0.15) is 0 Å². The second kappa shape index (κ2) is 8.27. The van der Waals surface area contributed by atoms with E-state index in [1.165, 1.54) is 17.3 Å². The van der Waals surface area contributed by atoms with E-state index in [1.54, 1.807) is 30.0 Å². The normalized spacial score (nSPS) is 12.1. The zero-order valence-electron chi connectivity index (χ0n) is 12.2. The van der Waals surface area contributed by atoms with E-state index in [0.29, 0.717) is 16.4 Å². The van der Waals surface area contributed by atoms with E-state index in [-0.39, 0.29) is 5.56 Å². The number of benzene rings is 2. The molecular formula is C17H18O3S2. The van der Waals surface area contributed by atoms with Crippen molar-refractivity contribution in [3.8, 4) is 0 Å². The molecule has 0 bridgehead atoms. The average molecular weight is 334 g/mol. The minimum Gasteiger partial charge on any atom is -0.478 e. The van der Waals surface area contributed by atoms with Crippen molar-refractivity contribution in [2.75, 3.05) is 11.5 Å². The van der Waals surface area contributed by atoms with Gasteiger partial charge in [0.05, 0.1) is 11.7 Å². The summed E-state index contributed by atoms with van der Waals surface area (Å²) in [6.45, 7) is 2.04. The molecule has 2 rings (SSSR count). The molecule has 0 amide bonds. The Morgan fingerprint density at radius 3 is 2.36 bits per heavy atom. The number of aliphatic hydroxyl groups excluding tert-OH is 1. The smallest absolute Gasteiger partial charge is 0.336 e. The summed E-state index contributed by atoms with van der Waals surface area (Å²) in [5.74, 6) is 0.126. The maximum atomic E-state index is 11.1. The van der Waals surface area contributed by atoms with Crippen LogP contribution in [0, 0.1) is 6.92 Å². The van der Waals surface area contributed by atoms with Gasteiger partial charge in [-0.3, -0.25) is 0 Å². The van der Waals surface area contributed by atoms with Crippen LogP contribution in [-0.4, -0.2) is 33.8 Å². The average Bonchev–Trinajstić information content (AvgIpc) is 2.52. The number of aryl methyl sites for hydroxylation is 1. The Bertz CT molecular complexity index is 626. The highest BCUT2D eigenvalue weighted by Crippen LogP contribution is 2.25. The van der Waals surface area contributed by atoms with E-state index in [9.17, 15) is 9.90 Å². The molecule has 5 heteroatoms. The van der Waals surface area contributed by atoms with Crippen LogP contribution in [0.25, 0.3) is 0 Å². The van der Waals surface area contributed by atoms with Crippen LogP contribution in [0.3, 0.4) is 0 Å². The summed E-state index contributed by atoms with van der Waals surface area (Å²) in [5, 5.41) is 19.2. The van der Waals surface area contributed by atoms with Crippen molar-refractivity contribution in [1.29, 1.82) is 0 Å². The van der Waals surface area contributed by atoms with Crippen LogP contribution in [0.2, 0.25) is 0 Å². The van der Waals surface area contributed by atoms with Gasteiger partial charge in [0.1, 0.15) is 0 Å². The highest BCUT2D eigenvalue weighted by Gasteiger charge is 2.12. The first-order valence-electron chi connectivity index (χ1n) is 6.89. The fraction of sp³-hybridized carbons (Fsp3) is 0.235. The van der Waals surface area contributed by atoms with Crippen LogP contribution in [0.4, 0.5) is 0 Å². The molecule has 2 aromatic rings. The molecule has 0 fully saturated rings. The summed E-state index contributed by atoms with van der Waals surface area (Å²) in [6, 6.07) is 15.0. The van der Waals surface area contributed by atoms with Crippen molar-refractivity contribution in [2.45, 2.75) is 22.8 Å². The van der Waals surface area contributed by atoms with Crippen LogP contribution in [0.1, 0.15) is 15.9 Å². The molecule has 0 spiro atoms. The van der Waals surface area contributed by atoms with E-state index < -0.39 is 12.1 Å². The first-order chi connectivity index (χ1) is 10.6. The Morgan fingerprint density at radius 1 is 1.05 bits per heavy atom. The van der Waals surface area contributed by atoms with Crippen LogP contribution in [0.15, 0.2) is 58.3 Å². The molecule has 2 aromatic carbocycles. The number of aromatic carboxylic acids is 1. The number of thioether (sulfide) groups is 2. The Balaban J connectivity index is 1.84. The first kappa shape index (κ1) is 16.9. The summed E-state index contributed by atoms with van der Waals surface area (Å²) < 4.78 is 0. The van der Waals surface area contributed by atoms with Gasteiger partial charge in [0, 0.05) is 21.3 Å². The van der Waals surface area contributed by atoms with Gasteiger partial charge in [0.25, 0.3) is 0 Å². The van der Waals surface area contributed by atoms with Gasteiger partial charge < -0.3 is 10.2 Å². The second-order valence-electron chi connectivity index (χ2n) is 4.89. The molecule has 0 saturated heterocycles. The van der Waals surface area contributed by atoms with Crippen molar-refractivity contribution < 1.29 is 15.0 Å².